The van der Waals surface area contributed by atoms with E-state index in [0.29, 0.717) is 19.8 Å². The van der Waals surface area contributed by atoms with Gasteiger partial charge in [0.15, 0.2) is 0 Å². The van der Waals surface area contributed by atoms with Crippen molar-refractivity contribution >= 4 is 5.95 Å². The highest BCUT2D eigenvalue weighted by Gasteiger charge is 2.36. The number of nitrogens with zero attached hydrogens (tertiary/aromatic N) is 2. The van der Waals surface area contributed by atoms with Crippen LogP contribution in [0.2, 0.25) is 0 Å². The van der Waals surface area contributed by atoms with Gasteiger partial charge in [0, 0.05) is 31.4 Å². The third-order valence-corrected chi connectivity index (χ3v) is 4.70. The van der Waals surface area contributed by atoms with Crippen LogP contribution in [0.3, 0.4) is 0 Å². The summed E-state index contributed by atoms with van der Waals surface area (Å²) in [4.78, 5) is 7.53. The highest BCUT2D eigenvalue weighted by atomic mass is 19.4. The SMILES string of the molecule is Cc1ccccc1C1(CNc2nccc(C(F)(F)F)n2)CCOCC1. The summed E-state index contributed by atoms with van der Waals surface area (Å²) in [5, 5.41) is 3.02. The zero-order valence-corrected chi connectivity index (χ0v) is 13.9. The molecule has 1 N–H and O–H groups in total. The van der Waals surface area contributed by atoms with E-state index in [1.54, 1.807) is 0 Å². The van der Waals surface area contributed by atoms with Crippen molar-refractivity contribution in [1.82, 2.24) is 9.97 Å². The Morgan fingerprint density at radius 1 is 1.16 bits per heavy atom. The fourth-order valence-corrected chi connectivity index (χ4v) is 3.32. The van der Waals surface area contributed by atoms with Gasteiger partial charge in [-0.1, -0.05) is 24.3 Å². The first kappa shape index (κ1) is 17.7. The van der Waals surface area contributed by atoms with Crippen LogP contribution in [-0.2, 0) is 16.3 Å². The van der Waals surface area contributed by atoms with Crippen LogP contribution in [0.1, 0.15) is 29.7 Å². The molecule has 0 saturated carbocycles. The predicted octanol–water partition coefficient (Wildman–Crippen LogP) is 3.96. The van der Waals surface area contributed by atoms with E-state index in [-0.39, 0.29) is 11.4 Å². The Morgan fingerprint density at radius 2 is 1.88 bits per heavy atom. The lowest BCUT2D eigenvalue weighted by molar-refractivity contribution is -0.141. The number of anilines is 1. The number of aromatic nitrogens is 2. The molecule has 4 nitrogen and oxygen atoms in total. The average Bonchev–Trinajstić information content (AvgIpc) is 2.61. The Kier molecular flexibility index (Phi) is 4.94. The lowest BCUT2D eigenvalue weighted by Gasteiger charge is -2.39. The predicted molar refractivity (Wildman–Crippen MR) is 88.4 cm³/mol. The van der Waals surface area contributed by atoms with Crippen LogP contribution in [0, 0.1) is 6.92 Å². The van der Waals surface area contributed by atoms with Gasteiger partial charge in [-0.2, -0.15) is 13.2 Å². The van der Waals surface area contributed by atoms with Gasteiger partial charge in [0.1, 0.15) is 5.69 Å². The minimum Gasteiger partial charge on any atom is -0.381 e. The molecule has 1 aromatic heterocycles. The lowest BCUT2D eigenvalue weighted by Crippen LogP contribution is -2.41. The van der Waals surface area contributed by atoms with Crippen molar-refractivity contribution in [2.75, 3.05) is 25.1 Å². The molecule has 0 atom stereocenters. The summed E-state index contributed by atoms with van der Waals surface area (Å²) in [5.41, 5.74) is 1.21. The van der Waals surface area contributed by atoms with E-state index < -0.39 is 11.9 Å². The summed E-state index contributed by atoms with van der Waals surface area (Å²) < 4.78 is 44.0. The first-order chi connectivity index (χ1) is 11.9. The van der Waals surface area contributed by atoms with Gasteiger partial charge < -0.3 is 10.1 Å². The third-order valence-electron chi connectivity index (χ3n) is 4.70. The van der Waals surface area contributed by atoms with E-state index in [0.717, 1.165) is 30.7 Å². The maximum atomic E-state index is 12.8. The van der Waals surface area contributed by atoms with E-state index >= 15 is 0 Å². The normalized spacial score (nSPS) is 17.3. The molecule has 1 aromatic carbocycles. The molecule has 0 spiro atoms. The number of alkyl halides is 3. The molecular formula is C18H20F3N3O. The van der Waals surface area contributed by atoms with Crippen molar-refractivity contribution in [2.24, 2.45) is 0 Å². The molecule has 1 aliphatic heterocycles. The molecule has 1 aliphatic rings. The molecule has 3 rings (SSSR count). The fourth-order valence-electron chi connectivity index (χ4n) is 3.32. The number of ether oxygens (including phenoxy) is 1. The van der Waals surface area contributed by atoms with Crippen molar-refractivity contribution in [2.45, 2.75) is 31.4 Å². The molecule has 0 unspecified atom stereocenters. The minimum absolute atomic E-state index is 0.00530. The molecule has 2 heterocycles. The van der Waals surface area contributed by atoms with Crippen molar-refractivity contribution in [3.05, 3.63) is 53.3 Å². The number of rotatable bonds is 4. The topological polar surface area (TPSA) is 47.0 Å². The van der Waals surface area contributed by atoms with E-state index in [9.17, 15) is 13.2 Å². The highest BCUT2D eigenvalue weighted by molar-refractivity contribution is 5.37. The molecule has 2 aromatic rings. The van der Waals surface area contributed by atoms with Gasteiger partial charge in [0.2, 0.25) is 5.95 Å². The van der Waals surface area contributed by atoms with Crippen molar-refractivity contribution in [1.29, 1.82) is 0 Å². The first-order valence-electron chi connectivity index (χ1n) is 8.19. The Hall–Kier alpha value is -2.15. The summed E-state index contributed by atoms with van der Waals surface area (Å²) >= 11 is 0. The van der Waals surface area contributed by atoms with Gasteiger partial charge in [-0.3, -0.25) is 0 Å². The molecule has 7 heteroatoms. The molecule has 0 radical (unpaired) electrons. The number of hydrogen-bond donors (Lipinski definition) is 1. The van der Waals surface area contributed by atoms with E-state index in [4.69, 9.17) is 4.74 Å². The van der Waals surface area contributed by atoms with Gasteiger partial charge in [0.05, 0.1) is 0 Å². The molecule has 0 aliphatic carbocycles. The molecule has 1 saturated heterocycles. The highest BCUT2D eigenvalue weighted by Crippen LogP contribution is 2.37. The molecule has 0 bridgehead atoms. The number of benzene rings is 1. The fraction of sp³-hybridized carbons (Fsp3) is 0.444. The van der Waals surface area contributed by atoms with Crippen LogP contribution in [0.4, 0.5) is 19.1 Å². The minimum atomic E-state index is -4.48. The Labute approximate surface area is 144 Å². The smallest absolute Gasteiger partial charge is 0.381 e. The molecular weight excluding hydrogens is 331 g/mol. The lowest BCUT2D eigenvalue weighted by atomic mass is 9.72. The second kappa shape index (κ2) is 7.00. The van der Waals surface area contributed by atoms with Gasteiger partial charge in [-0.15, -0.1) is 0 Å². The summed E-state index contributed by atoms with van der Waals surface area (Å²) in [7, 11) is 0. The molecule has 1 fully saturated rings. The summed E-state index contributed by atoms with van der Waals surface area (Å²) in [6.45, 7) is 3.76. The molecule has 25 heavy (non-hydrogen) atoms. The van der Waals surface area contributed by atoms with Crippen LogP contribution in [0.15, 0.2) is 36.5 Å². The average molecular weight is 351 g/mol. The largest absolute Gasteiger partial charge is 0.433 e. The summed E-state index contributed by atoms with van der Waals surface area (Å²) in [6, 6.07) is 8.97. The monoisotopic (exact) mass is 351 g/mol. The Morgan fingerprint density at radius 3 is 2.56 bits per heavy atom. The summed E-state index contributed by atoms with van der Waals surface area (Å²) in [5.74, 6) is -0.00530. The van der Waals surface area contributed by atoms with Crippen LogP contribution in [0.25, 0.3) is 0 Å². The maximum absolute atomic E-state index is 12.8. The number of halogens is 3. The quantitative estimate of drug-likeness (QED) is 0.906. The Bertz CT molecular complexity index is 728. The first-order valence-corrected chi connectivity index (χ1v) is 8.19. The zero-order valence-electron chi connectivity index (χ0n) is 13.9. The van der Waals surface area contributed by atoms with Crippen LogP contribution in [-0.4, -0.2) is 29.7 Å². The third kappa shape index (κ3) is 3.92. The standard InChI is InChI=1S/C18H20F3N3O/c1-13-4-2-3-5-14(13)17(7-10-25-11-8-17)12-23-16-22-9-6-15(24-16)18(19,20)21/h2-6,9H,7-8,10-12H2,1H3,(H,22,23,24). The summed E-state index contributed by atoms with van der Waals surface area (Å²) in [6.07, 6.45) is -1.76. The van der Waals surface area contributed by atoms with Crippen LogP contribution < -0.4 is 5.32 Å². The number of aryl methyl sites for hydroxylation is 1. The molecule has 134 valence electrons. The molecule has 0 amide bonds. The zero-order chi connectivity index (χ0) is 17.9. The van der Waals surface area contributed by atoms with Crippen molar-refractivity contribution in [3.63, 3.8) is 0 Å². The number of hydrogen-bond acceptors (Lipinski definition) is 4. The van der Waals surface area contributed by atoms with E-state index in [1.165, 1.54) is 5.56 Å². The van der Waals surface area contributed by atoms with Crippen LogP contribution in [0.5, 0.6) is 0 Å². The van der Waals surface area contributed by atoms with Crippen molar-refractivity contribution < 1.29 is 17.9 Å². The second-order valence-electron chi connectivity index (χ2n) is 6.32. The van der Waals surface area contributed by atoms with Crippen molar-refractivity contribution in [3.8, 4) is 0 Å². The van der Waals surface area contributed by atoms with E-state index in [2.05, 4.69) is 21.4 Å². The van der Waals surface area contributed by atoms with Gasteiger partial charge in [-0.05, 0) is 37.0 Å². The van der Waals surface area contributed by atoms with Gasteiger partial charge >= 0.3 is 6.18 Å². The maximum Gasteiger partial charge on any atom is 0.433 e. The van der Waals surface area contributed by atoms with Gasteiger partial charge in [0.25, 0.3) is 0 Å². The Balaban J connectivity index is 1.84. The van der Waals surface area contributed by atoms with Crippen LogP contribution >= 0.6 is 0 Å². The number of nitrogens with one attached hydrogen (secondary N) is 1. The second-order valence-corrected chi connectivity index (χ2v) is 6.32. The van der Waals surface area contributed by atoms with E-state index in [1.807, 2.05) is 25.1 Å². The van der Waals surface area contributed by atoms with Gasteiger partial charge in [-0.25, -0.2) is 9.97 Å².